The van der Waals surface area contributed by atoms with E-state index >= 15 is 0 Å². The molecule has 0 amide bonds. The van der Waals surface area contributed by atoms with E-state index in [1.165, 1.54) is 225 Å². The van der Waals surface area contributed by atoms with Crippen LogP contribution in [0.4, 0.5) is 0 Å². The second-order valence-corrected chi connectivity index (χ2v) is 22.1. The maximum Gasteiger partial charge on any atom is 0.306 e. The highest BCUT2D eigenvalue weighted by molar-refractivity contribution is 7.45. The third-order valence-electron chi connectivity index (χ3n) is 12.9. The fraction of sp³-hybridized carbons (Fsp3) is 0.964. The molecule has 0 bridgehead atoms. The van der Waals surface area contributed by atoms with Crippen molar-refractivity contribution in [3.8, 4) is 0 Å². The molecular formula is C55H110NO8P. The van der Waals surface area contributed by atoms with Crippen molar-refractivity contribution in [2.75, 3.05) is 47.5 Å². The Morgan fingerprint density at radius 1 is 0.415 bits per heavy atom. The smallest absolute Gasteiger partial charge is 0.306 e. The normalized spacial score (nSPS) is 13.3. The summed E-state index contributed by atoms with van der Waals surface area (Å²) in [6.45, 7) is 4.25. The van der Waals surface area contributed by atoms with Crippen LogP contribution in [0.3, 0.4) is 0 Å². The van der Waals surface area contributed by atoms with Gasteiger partial charge in [0.2, 0.25) is 0 Å². The minimum Gasteiger partial charge on any atom is -0.756 e. The minimum absolute atomic E-state index is 0.0257. The number of unbranched alkanes of at least 4 members (excludes halogenated alkanes) is 39. The van der Waals surface area contributed by atoms with Gasteiger partial charge in [0, 0.05) is 12.8 Å². The van der Waals surface area contributed by atoms with Gasteiger partial charge in [-0.1, -0.05) is 264 Å². The molecule has 0 fully saturated rings. The number of carbonyl (C=O) groups excluding carboxylic acids is 2. The molecule has 0 saturated heterocycles. The number of phosphoric acid groups is 1. The summed E-state index contributed by atoms with van der Waals surface area (Å²) in [6, 6.07) is 0. The van der Waals surface area contributed by atoms with Crippen molar-refractivity contribution >= 4 is 19.8 Å². The van der Waals surface area contributed by atoms with Crippen LogP contribution in [0.15, 0.2) is 0 Å². The van der Waals surface area contributed by atoms with E-state index in [2.05, 4.69) is 13.8 Å². The lowest BCUT2D eigenvalue weighted by atomic mass is 10.0. The average Bonchev–Trinajstić information content (AvgIpc) is 3.26. The van der Waals surface area contributed by atoms with Crippen molar-refractivity contribution in [3.63, 3.8) is 0 Å². The summed E-state index contributed by atoms with van der Waals surface area (Å²) in [7, 11) is 1.18. The number of hydrogen-bond donors (Lipinski definition) is 0. The molecule has 2 atom stereocenters. The molecule has 10 heteroatoms. The van der Waals surface area contributed by atoms with Crippen LogP contribution >= 0.6 is 7.82 Å². The van der Waals surface area contributed by atoms with Gasteiger partial charge in [-0.2, -0.15) is 0 Å². The molecule has 0 radical (unpaired) electrons. The summed E-state index contributed by atoms with van der Waals surface area (Å²) in [5.41, 5.74) is 0. The Morgan fingerprint density at radius 2 is 0.692 bits per heavy atom. The number of ether oxygens (including phenoxy) is 2. The molecular weight excluding hydrogens is 834 g/mol. The van der Waals surface area contributed by atoms with Crippen molar-refractivity contribution in [2.45, 2.75) is 296 Å². The minimum atomic E-state index is -4.62. The van der Waals surface area contributed by atoms with E-state index in [0.717, 1.165) is 32.1 Å². The number of rotatable bonds is 53. The molecule has 65 heavy (non-hydrogen) atoms. The molecule has 0 aromatic heterocycles. The van der Waals surface area contributed by atoms with E-state index in [0.29, 0.717) is 17.4 Å². The van der Waals surface area contributed by atoms with Crippen LogP contribution < -0.4 is 4.89 Å². The fourth-order valence-corrected chi connectivity index (χ4v) is 9.21. The van der Waals surface area contributed by atoms with Crippen LogP contribution in [-0.4, -0.2) is 70.0 Å². The SMILES string of the molecule is CCCCCCCCCCCCCCCCCCCCCCCCCCCCCCCCCCCC(=O)OC(COC(=O)CCCCCCCCCC)COP(=O)([O-])OCC[N+](C)(C)C. The Morgan fingerprint density at radius 3 is 0.985 bits per heavy atom. The van der Waals surface area contributed by atoms with Gasteiger partial charge in [-0.05, 0) is 12.8 Å². The second-order valence-electron chi connectivity index (χ2n) is 20.7. The zero-order valence-electron chi connectivity index (χ0n) is 44.0. The van der Waals surface area contributed by atoms with Gasteiger partial charge in [-0.15, -0.1) is 0 Å². The molecule has 0 rings (SSSR count). The first-order valence-electron chi connectivity index (χ1n) is 28.2. The molecule has 0 N–H and O–H groups in total. The first kappa shape index (κ1) is 64.0. The summed E-state index contributed by atoms with van der Waals surface area (Å²) >= 11 is 0. The average molecular weight is 944 g/mol. The number of likely N-dealkylation sites (N-methyl/N-ethyl adjacent to an activating group) is 1. The molecule has 0 aliphatic rings. The van der Waals surface area contributed by atoms with Gasteiger partial charge in [0.25, 0.3) is 7.82 Å². The van der Waals surface area contributed by atoms with Gasteiger partial charge in [-0.25, -0.2) is 0 Å². The van der Waals surface area contributed by atoms with Crippen molar-refractivity contribution in [1.82, 2.24) is 0 Å². The van der Waals surface area contributed by atoms with Crippen LogP contribution in [-0.2, 0) is 32.7 Å². The standard InChI is InChI=1S/C55H110NO8P/c1-6-8-10-12-14-16-17-18-19-20-21-22-23-24-25-26-27-28-29-30-31-32-33-34-35-36-37-38-39-40-42-44-46-48-55(58)64-53(52-63-65(59,60)62-50-49-56(3,4)5)51-61-54(57)47-45-43-41-15-13-11-9-7-2/h53H,6-52H2,1-5H3. The second kappa shape index (κ2) is 48.1. The highest BCUT2D eigenvalue weighted by Gasteiger charge is 2.22. The maximum absolute atomic E-state index is 12.7. The highest BCUT2D eigenvalue weighted by atomic mass is 31.2. The summed E-state index contributed by atoms with van der Waals surface area (Å²) < 4.78 is 33.9. The molecule has 0 aromatic carbocycles. The number of esters is 2. The Kier molecular flexibility index (Phi) is 47.3. The number of hydrogen-bond acceptors (Lipinski definition) is 8. The summed E-state index contributed by atoms with van der Waals surface area (Å²) in [5, 5.41) is 0. The van der Waals surface area contributed by atoms with Gasteiger partial charge in [0.05, 0.1) is 27.7 Å². The van der Waals surface area contributed by atoms with Crippen LogP contribution in [0.5, 0.6) is 0 Å². The van der Waals surface area contributed by atoms with Gasteiger partial charge in [-0.3, -0.25) is 14.2 Å². The molecule has 9 nitrogen and oxygen atoms in total. The van der Waals surface area contributed by atoms with Gasteiger partial charge in [0.15, 0.2) is 6.10 Å². The summed E-state index contributed by atoms with van der Waals surface area (Å²) in [5.74, 6) is -0.821. The van der Waals surface area contributed by atoms with E-state index in [1.54, 1.807) is 0 Å². The topological polar surface area (TPSA) is 111 Å². The zero-order valence-corrected chi connectivity index (χ0v) is 44.9. The maximum atomic E-state index is 12.7. The molecule has 388 valence electrons. The first-order chi connectivity index (χ1) is 31.5. The number of phosphoric ester groups is 1. The van der Waals surface area contributed by atoms with E-state index in [4.69, 9.17) is 18.5 Å². The Labute approximate surface area is 404 Å². The van der Waals surface area contributed by atoms with Crippen molar-refractivity contribution in [3.05, 3.63) is 0 Å². The largest absolute Gasteiger partial charge is 0.756 e. The lowest BCUT2D eigenvalue weighted by Crippen LogP contribution is -2.37. The Bertz CT molecular complexity index is 1070. The van der Waals surface area contributed by atoms with Gasteiger partial charge in [0.1, 0.15) is 19.8 Å². The lowest BCUT2D eigenvalue weighted by molar-refractivity contribution is -0.870. The number of carbonyl (C=O) groups is 2. The lowest BCUT2D eigenvalue weighted by Gasteiger charge is -2.28. The molecule has 2 unspecified atom stereocenters. The van der Waals surface area contributed by atoms with Crippen LogP contribution in [0, 0.1) is 0 Å². The fourth-order valence-electron chi connectivity index (χ4n) is 8.48. The van der Waals surface area contributed by atoms with Crippen molar-refractivity contribution in [1.29, 1.82) is 0 Å². The third kappa shape index (κ3) is 52.2. The molecule has 0 aromatic rings. The van der Waals surface area contributed by atoms with Crippen molar-refractivity contribution in [2.24, 2.45) is 0 Å². The molecule has 0 heterocycles. The predicted octanol–water partition coefficient (Wildman–Crippen LogP) is 16.5. The molecule has 0 aliphatic carbocycles. The monoisotopic (exact) mass is 944 g/mol. The summed E-state index contributed by atoms with van der Waals surface area (Å²) in [4.78, 5) is 37.5. The van der Waals surface area contributed by atoms with E-state index in [-0.39, 0.29) is 32.0 Å². The quantitative estimate of drug-likeness (QED) is 0.0257. The Balaban J connectivity index is 3.84. The van der Waals surface area contributed by atoms with Gasteiger partial charge >= 0.3 is 11.9 Å². The molecule has 0 aliphatic heterocycles. The molecule has 0 saturated carbocycles. The Hall–Kier alpha value is -0.990. The number of nitrogens with zero attached hydrogens (tertiary/aromatic N) is 1. The van der Waals surface area contributed by atoms with E-state index < -0.39 is 26.5 Å². The predicted molar refractivity (Wildman–Crippen MR) is 273 cm³/mol. The molecule has 0 spiro atoms. The van der Waals surface area contributed by atoms with Crippen LogP contribution in [0.2, 0.25) is 0 Å². The zero-order chi connectivity index (χ0) is 47.8. The van der Waals surface area contributed by atoms with Gasteiger partial charge < -0.3 is 27.9 Å². The summed E-state index contributed by atoms with van der Waals surface area (Å²) in [6.07, 6.45) is 53.4. The number of quaternary nitrogens is 1. The van der Waals surface area contributed by atoms with Crippen molar-refractivity contribution < 1.29 is 42.1 Å². The highest BCUT2D eigenvalue weighted by Crippen LogP contribution is 2.38. The first-order valence-corrected chi connectivity index (χ1v) is 29.7. The van der Waals surface area contributed by atoms with Crippen LogP contribution in [0.25, 0.3) is 0 Å². The van der Waals surface area contributed by atoms with Crippen LogP contribution in [0.1, 0.15) is 290 Å². The van der Waals surface area contributed by atoms with E-state index in [1.807, 2.05) is 21.1 Å². The third-order valence-corrected chi connectivity index (χ3v) is 13.8. The van der Waals surface area contributed by atoms with E-state index in [9.17, 15) is 19.0 Å².